The van der Waals surface area contributed by atoms with Gasteiger partial charge in [-0.25, -0.2) is 26.3 Å². The molecular weight excluding hydrogens is 472 g/mol. The van der Waals surface area contributed by atoms with Gasteiger partial charge in [-0.15, -0.1) is 0 Å². The molecule has 34 heavy (non-hydrogen) atoms. The molecular formula is C25H30N2O5S2. The summed E-state index contributed by atoms with van der Waals surface area (Å²) in [7, 11) is -7.50. The van der Waals surface area contributed by atoms with Gasteiger partial charge in [-0.1, -0.05) is 50.7 Å². The normalized spacial score (nSPS) is 19.7. The zero-order valence-electron chi connectivity index (χ0n) is 19.0. The standard InChI is InChI=1S/C25H30N2O5S2/c28-25-23-15-19(33(29,30)26-17-7-3-1-4-8-17)11-13-21(23)22-14-12-20(16-24(22)25)34(31,32)27-18-9-5-2-6-10-18/h11-18,26-27H,1-10H2. The Labute approximate surface area is 201 Å². The van der Waals surface area contributed by atoms with Crippen molar-refractivity contribution in [1.29, 1.82) is 0 Å². The van der Waals surface area contributed by atoms with Gasteiger partial charge in [-0.2, -0.15) is 0 Å². The largest absolute Gasteiger partial charge is 0.289 e. The summed E-state index contributed by atoms with van der Waals surface area (Å²) in [4.78, 5) is 13.3. The molecule has 0 atom stereocenters. The third-order valence-electron chi connectivity index (χ3n) is 7.24. The molecule has 0 amide bonds. The topological polar surface area (TPSA) is 109 Å². The number of benzene rings is 2. The van der Waals surface area contributed by atoms with Crippen molar-refractivity contribution in [2.75, 3.05) is 0 Å². The molecule has 9 heteroatoms. The Hall–Kier alpha value is -2.07. The fourth-order valence-corrected chi connectivity index (χ4v) is 8.05. The van der Waals surface area contributed by atoms with Gasteiger partial charge in [0, 0.05) is 23.2 Å². The zero-order chi connectivity index (χ0) is 23.9. The van der Waals surface area contributed by atoms with E-state index in [1.54, 1.807) is 12.1 Å². The lowest BCUT2D eigenvalue weighted by Crippen LogP contribution is -2.36. The van der Waals surface area contributed by atoms with Crippen LogP contribution in [0.4, 0.5) is 0 Å². The monoisotopic (exact) mass is 502 g/mol. The Morgan fingerprint density at radius 1 is 0.559 bits per heavy atom. The van der Waals surface area contributed by atoms with Gasteiger partial charge in [-0.05, 0) is 61.1 Å². The maximum Gasteiger partial charge on any atom is 0.240 e. The Morgan fingerprint density at radius 3 is 1.32 bits per heavy atom. The number of carbonyl (C=O) groups excluding carboxylic acids is 1. The average molecular weight is 503 g/mol. The van der Waals surface area contributed by atoms with Crippen molar-refractivity contribution in [3.63, 3.8) is 0 Å². The van der Waals surface area contributed by atoms with Crippen molar-refractivity contribution >= 4 is 25.8 Å². The molecule has 2 N–H and O–H groups in total. The van der Waals surface area contributed by atoms with Gasteiger partial charge < -0.3 is 0 Å². The van der Waals surface area contributed by atoms with Crippen LogP contribution >= 0.6 is 0 Å². The summed E-state index contributed by atoms with van der Waals surface area (Å²) in [5, 5.41) is 0. The Balaban J connectivity index is 1.40. The van der Waals surface area contributed by atoms with Gasteiger partial charge in [-0.3, -0.25) is 4.79 Å². The van der Waals surface area contributed by atoms with Crippen molar-refractivity contribution in [3.05, 3.63) is 47.5 Å². The highest BCUT2D eigenvalue weighted by Crippen LogP contribution is 2.39. The van der Waals surface area contributed by atoms with Crippen molar-refractivity contribution in [3.8, 4) is 11.1 Å². The molecule has 2 aromatic rings. The number of hydrogen-bond acceptors (Lipinski definition) is 5. The number of sulfonamides is 2. The first-order valence-corrected chi connectivity index (χ1v) is 15.1. The lowest BCUT2D eigenvalue weighted by molar-refractivity contribution is 0.104. The van der Waals surface area contributed by atoms with Gasteiger partial charge in [0.1, 0.15) is 0 Å². The smallest absolute Gasteiger partial charge is 0.240 e. The van der Waals surface area contributed by atoms with E-state index < -0.39 is 20.0 Å². The Kier molecular flexibility index (Phi) is 6.39. The molecule has 0 bridgehead atoms. The molecule has 0 radical (unpaired) electrons. The van der Waals surface area contributed by atoms with Crippen LogP contribution in [0.5, 0.6) is 0 Å². The van der Waals surface area contributed by atoms with Crippen LogP contribution in [-0.2, 0) is 20.0 Å². The summed E-state index contributed by atoms with van der Waals surface area (Å²) < 4.78 is 57.3. The first-order chi connectivity index (χ1) is 16.2. The second kappa shape index (κ2) is 9.18. The number of carbonyl (C=O) groups is 1. The van der Waals surface area contributed by atoms with Crippen LogP contribution < -0.4 is 9.44 Å². The molecule has 0 aromatic heterocycles. The van der Waals surface area contributed by atoms with Gasteiger partial charge >= 0.3 is 0 Å². The third-order valence-corrected chi connectivity index (χ3v) is 10.3. The summed E-state index contributed by atoms with van der Waals surface area (Å²) in [6.07, 6.45) is 9.55. The summed E-state index contributed by atoms with van der Waals surface area (Å²) in [6.45, 7) is 0. The maximum absolute atomic E-state index is 13.2. The third kappa shape index (κ3) is 4.58. The molecule has 5 rings (SSSR count). The van der Waals surface area contributed by atoms with Crippen LogP contribution in [0, 0.1) is 0 Å². The first kappa shape index (κ1) is 23.7. The van der Waals surface area contributed by atoms with E-state index in [2.05, 4.69) is 9.44 Å². The van der Waals surface area contributed by atoms with E-state index in [1.807, 2.05) is 0 Å². The molecule has 0 unspecified atom stereocenters. The second-order valence-electron chi connectivity index (χ2n) is 9.66. The van der Waals surface area contributed by atoms with E-state index in [0.29, 0.717) is 11.1 Å². The molecule has 2 aromatic carbocycles. The molecule has 7 nitrogen and oxygen atoms in total. The molecule has 0 saturated heterocycles. The molecule has 182 valence electrons. The van der Waals surface area contributed by atoms with Crippen molar-refractivity contribution in [2.24, 2.45) is 0 Å². The van der Waals surface area contributed by atoms with Crippen LogP contribution in [0.2, 0.25) is 0 Å². The summed E-state index contributed by atoms with van der Waals surface area (Å²) in [5.41, 5.74) is 1.83. The van der Waals surface area contributed by atoms with Crippen molar-refractivity contribution in [2.45, 2.75) is 86.1 Å². The molecule has 0 heterocycles. The minimum atomic E-state index is -3.75. The van der Waals surface area contributed by atoms with Crippen LogP contribution in [0.15, 0.2) is 46.2 Å². The fourth-order valence-electron chi connectivity index (χ4n) is 5.39. The predicted molar refractivity (Wildman–Crippen MR) is 130 cm³/mol. The lowest BCUT2D eigenvalue weighted by atomic mass is 9.96. The minimum Gasteiger partial charge on any atom is -0.289 e. The quantitative estimate of drug-likeness (QED) is 0.527. The van der Waals surface area contributed by atoms with Crippen LogP contribution in [-0.4, -0.2) is 34.7 Å². The molecule has 0 spiro atoms. The van der Waals surface area contributed by atoms with E-state index in [4.69, 9.17) is 0 Å². The molecule has 2 fully saturated rings. The number of fused-ring (bicyclic) bond motifs is 3. The van der Waals surface area contributed by atoms with E-state index in [1.165, 1.54) is 24.3 Å². The summed E-state index contributed by atoms with van der Waals surface area (Å²) in [5.74, 6) is -0.352. The van der Waals surface area contributed by atoms with E-state index in [-0.39, 0.29) is 38.8 Å². The maximum atomic E-state index is 13.2. The highest BCUT2D eigenvalue weighted by molar-refractivity contribution is 7.89. The molecule has 2 saturated carbocycles. The second-order valence-corrected chi connectivity index (χ2v) is 13.1. The Bertz CT molecular complexity index is 1220. The average Bonchev–Trinajstić information content (AvgIpc) is 3.11. The molecule has 3 aliphatic rings. The van der Waals surface area contributed by atoms with Gasteiger partial charge in [0.2, 0.25) is 20.0 Å². The van der Waals surface area contributed by atoms with Gasteiger partial charge in [0.15, 0.2) is 5.78 Å². The summed E-state index contributed by atoms with van der Waals surface area (Å²) >= 11 is 0. The predicted octanol–water partition coefficient (Wildman–Crippen LogP) is 4.12. The van der Waals surface area contributed by atoms with Gasteiger partial charge in [0.05, 0.1) is 9.79 Å². The van der Waals surface area contributed by atoms with Crippen LogP contribution in [0.25, 0.3) is 11.1 Å². The number of rotatable bonds is 6. The number of hydrogen-bond donors (Lipinski definition) is 2. The highest BCUT2D eigenvalue weighted by atomic mass is 32.2. The Morgan fingerprint density at radius 2 is 0.941 bits per heavy atom. The SMILES string of the molecule is O=C1c2cc(S(=O)(=O)NC3CCCCC3)ccc2-c2ccc(S(=O)(=O)NC3CCCCC3)cc21. The van der Waals surface area contributed by atoms with Crippen molar-refractivity contribution in [1.82, 2.24) is 9.44 Å². The van der Waals surface area contributed by atoms with E-state index in [0.717, 1.165) is 64.2 Å². The van der Waals surface area contributed by atoms with Crippen LogP contribution in [0.3, 0.4) is 0 Å². The number of nitrogens with one attached hydrogen (secondary N) is 2. The van der Waals surface area contributed by atoms with E-state index in [9.17, 15) is 21.6 Å². The summed E-state index contributed by atoms with van der Waals surface area (Å²) in [6, 6.07) is 8.98. The first-order valence-electron chi connectivity index (χ1n) is 12.1. The molecule has 3 aliphatic carbocycles. The number of ketones is 1. The highest BCUT2D eigenvalue weighted by Gasteiger charge is 2.31. The lowest BCUT2D eigenvalue weighted by Gasteiger charge is -2.22. The van der Waals surface area contributed by atoms with Crippen molar-refractivity contribution < 1.29 is 21.6 Å². The van der Waals surface area contributed by atoms with Gasteiger partial charge in [0.25, 0.3) is 0 Å². The zero-order valence-corrected chi connectivity index (χ0v) is 20.7. The van der Waals surface area contributed by atoms with E-state index >= 15 is 0 Å². The van der Waals surface area contributed by atoms with Crippen LogP contribution in [0.1, 0.15) is 80.1 Å². The minimum absolute atomic E-state index is 0.0600. The fraction of sp³-hybridized carbons (Fsp3) is 0.480. The molecule has 0 aliphatic heterocycles.